The molecule has 0 N–H and O–H groups in total. The van der Waals surface area contributed by atoms with Gasteiger partial charge in [0.15, 0.2) is 0 Å². The SMILES string of the molecule is C=C(C)/C(C)=C(/N=C(C)CCCC)C(=C)C. The van der Waals surface area contributed by atoms with Crippen molar-refractivity contribution in [1.82, 2.24) is 0 Å². The van der Waals surface area contributed by atoms with Crippen molar-refractivity contribution in [2.24, 2.45) is 4.99 Å². The van der Waals surface area contributed by atoms with E-state index < -0.39 is 0 Å². The molecule has 0 aliphatic rings. The highest BCUT2D eigenvalue weighted by Gasteiger charge is 2.04. The van der Waals surface area contributed by atoms with Gasteiger partial charge in [-0.2, -0.15) is 0 Å². The van der Waals surface area contributed by atoms with Gasteiger partial charge in [0, 0.05) is 5.71 Å². The molecule has 1 heteroatoms. The molecule has 90 valence electrons. The summed E-state index contributed by atoms with van der Waals surface area (Å²) in [5.41, 5.74) is 5.39. The first-order valence-corrected chi connectivity index (χ1v) is 5.96. The number of hydrogen-bond acceptors (Lipinski definition) is 1. The zero-order chi connectivity index (χ0) is 12.7. The van der Waals surface area contributed by atoms with E-state index in [0.717, 1.165) is 28.8 Å². The summed E-state index contributed by atoms with van der Waals surface area (Å²) in [4.78, 5) is 4.67. The van der Waals surface area contributed by atoms with Gasteiger partial charge in [0.25, 0.3) is 0 Å². The van der Waals surface area contributed by atoms with Crippen molar-refractivity contribution in [3.8, 4) is 0 Å². The molecule has 0 aromatic heterocycles. The first kappa shape index (κ1) is 14.9. The van der Waals surface area contributed by atoms with Gasteiger partial charge in [-0.05, 0) is 51.7 Å². The van der Waals surface area contributed by atoms with Crippen molar-refractivity contribution in [1.29, 1.82) is 0 Å². The maximum Gasteiger partial charge on any atom is 0.0683 e. The number of nitrogens with zero attached hydrogens (tertiary/aromatic N) is 1. The van der Waals surface area contributed by atoms with Crippen LogP contribution in [0.15, 0.2) is 40.6 Å². The molecule has 16 heavy (non-hydrogen) atoms. The monoisotopic (exact) mass is 219 g/mol. The Labute approximate surface area is 101 Å². The topological polar surface area (TPSA) is 12.4 Å². The van der Waals surface area contributed by atoms with Gasteiger partial charge < -0.3 is 0 Å². The summed E-state index contributed by atoms with van der Waals surface area (Å²) < 4.78 is 0. The minimum atomic E-state index is 1.00. The van der Waals surface area contributed by atoms with Crippen molar-refractivity contribution < 1.29 is 0 Å². The number of aliphatic imine (C=N–C) groups is 1. The lowest BCUT2D eigenvalue weighted by atomic mass is 10.0. The minimum absolute atomic E-state index is 1.00. The molecule has 0 rings (SSSR count). The molecule has 0 fully saturated rings. The van der Waals surface area contributed by atoms with E-state index in [-0.39, 0.29) is 0 Å². The van der Waals surface area contributed by atoms with E-state index in [1.165, 1.54) is 18.6 Å². The largest absolute Gasteiger partial charge is 0.258 e. The van der Waals surface area contributed by atoms with Gasteiger partial charge in [-0.1, -0.05) is 32.1 Å². The van der Waals surface area contributed by atoms with Crippen LogP contribution in [0.1, 0.15) is 53.9 Å². The predicted molar refractivity (Wildman–Crippen MR) is 75.0 cm³/mol. The second-order valence-corrected chi connectivity index (χ2v) is 4.48. The fourth-order valence-corrected chi connectivity index (χ4v) is 1.38. The average Bonchev–Trinajstić information content (AvgIpc) is 2.21. The van der Waals surface area contributed by atoms with E-state index in [0.29, 0.717) is 0 Å². The van der Waals surface area contributed by atoms with Crippen molar-refractivity contribution in [3.63, 3.8) is 0 Å². The van der Waals surface area contributed by atoms with E-state index in [9.17, 15) is 0 Å². The fraction of sp³-hybridized carbons (Fsp3) is 0.533. The fourth-order valence-electron chi connectivity index (χ4n) is 1.38. The van der Waals surface area contributed by atoms with Crippen LogP contribution in [0.3, 0.4) is 0 Å². The van der Waals surface area contributed by atoms with Gasteiger partial charge in [0.2, 0.25) is 0 Å². The van der Waals surface area contributed by atoms with Crippen molar-refractivity contribution in [2.75, 3.05) is 0 Å². The zero-order valence-electron chi connectivity index (χ0n) is 11.5. The molecule has 0 spiro atoms. The van der Waals surface area contributed by atoms with E-state index in [1.54, 1.807) is 0 Å². The molecular weight excluding hydrogens is 194 g/mol. The number of rotatable bonds is 6. The molecule has 1 nitrogen and oxygen atoms in total. The third-order valence-corrected chi connectivity index (χ3v) is 2.59. The summed E-state index contributed by atoms with van der Waals surface area (Å²) >= 11 is 0. The highest BCUT2D eigenvalue weighted by atomic mass is 14.8. The molecule has 0 unspecified atom stereocenters. The summed E-state index contributed by atoms with van der Waals surface area (Å²) in [7, 11) is 0. The zero-order valence-corrected chi connectivity index (χ0v) is 11.5. The second kappa shape index (κ2) is 7.21. The van der Waals surface area contributed by atoms with Crippen LogP contribution in [-0.4, -0.2) is 5.71 Å². The van der Waals surface area contributed by atoms with Gasteiger partial charge in [-0.15, -0.1) is 0 Å². The van der Waals surface area contributed by atoms with E-state index in [1.807, 2.05) is 13.8 Å². The van der Waals surface area contributed by atoms with Gasteiger partial charge >= 0.3 is 0 Å². The van der Waals surface area contributed by atoms with E-state index in [4.69, 9.17) is 0 Å². The van der Waals surface area contributed by atoms with Crippen molar-refractivity contribution >= 4 is 5.71 Å². The van der Waals surface area contributed by atoms with Gasteiger partial charge in [-0.25, -0.2) is 0 Å². The van der Waals surface area contributed by atoms with E-state index in [2.05, 4.69) is 38.9 Å². The highest BCUT2D eigenvalue weighted by Crippen LogP contribution is 2.20. The summed E-state index contributed by atoms with van der Waals surface area (Å²) in [6.45, 7) is 18.3. The molecule has 0 aromatic rings. The standard InChI is InChI=1S/C15H25N/c1-8-9-10-13(6)16-15(12(4)5)14(7)11(2)3/h2,4,8-10H2,1,3,5-7H3/b15-14+,16-13?. The van der Waals surface area contributed by atoms with Crippen LogP contribution in [-0.2, 0) is 0 Å². The van der Waals surface area contributed by atoms with E-state index >= 15 is 0 Å². The van der Waals surface area contributed by atoms with Crippen LogP contribution in [0.25, 0.3) is 0 Å². The Kier molecular flexibility index (Phi) is 6.71. The Morgan fingerprint density at radius 1 is 1.00 bits per heavy atom. The number of unbranched alkanes of at least 4 members (excludes halogenated alkanes) is 1. The Bertz CT molecular complexity index is 329. The van der Waals surface area contributed by atoms with Crippen LogP contribution in [0.2, 0.25) is 0 Å². The Morgan fingerprint density at radius 3 is 1.94 bits per heavy atom. The van der Waals surface area contributed by atoms with Crippen LogP contribution in [0, 0.1) is 0 Å². The molecule has 0 aliphatic heterocycles. The van der Waals surface area contributed by atoms with Crippen LogP contribution in [0.5, 0.6) is 0 Å². The molecule has 0 aliphatic carbocycles. The molecule has 0 amide bonds. The highest BCUT2D eigenvalue weighted by molar-refractivity contribution is 5.83. The first-order valence-electron chi connectivity index (χ1n) is 5.96. The van der Waals surface area contributed by atoms with Gasteiger partial charge in [-0.3, -0.25) is 4.99 Å². The number of allylic oxidation sites excluding steroid dienone is 3. The summed E-state index contributed by atoms with van der Waals surface area (Å²) in [5.74, 6) is 0. The molecule has 0 saturated carbocycles. The second-order valence-electron chi connectivity index (χ2n) is 4.48. The third kappa shape index (κ3) is 5.11. The lowest BCUT2D eigenvalue weighted by molar-refractivity contribution is 0.832. The first-order chi connectivity index (χ1) is 7.40. The quantitative estimate of drug-likeness (QED) is 0.437. The molecular formula is C15H25N. The van der Waals surface area contributed by atoms with Crippen LogP contribution in [0.4, 0.5) is 0 Å². The third-order valence-electron chi connectivity index (χ3n) is 2.59. The molecule has 0 aromatic carbocycles. The van der Waals surface area contributed by atoms with Crippen LogP contribution < -0.4 is 0 Å². The molecule has 0 heterocycles. The normalized spacial score (nSPS) is 13.4. The van der Waals surface area contributed by atoms with Crippen LogP contribution >= 0.6 is 0 Å². The van der Waals surface area contributed by atoms with Gasteiger partial charge in [0.1, 0.15) is 0 Å². The molecule has 0 atom stereocenters. The molecule has 0 saturated heterocycles. The maximum absolute atomic E-state index is 4.67. The lowest BCUT2D eigenvalue weighted by Gasteiger charge is -2.09. The molecule has 0 bridgehead atoms. The Hall–Kier alpha value is -1.11. The smallest absolute Gasteiger partial charge is 0.0683 e. The molecule has 0 radical (unpaired) electrons. The minimum Gasteiger partial charge on any atom is -0.258 e. The van der Waals surface area contributed by atoms with Gasteiger partial charge in [0.05, 0.1) is 5.70 Å². The average molecular weight is 219 g/mol. The summed E-state index contributed by atoms with van der Waals surface area (Å²) in [6.07, 6.45) is 3.47. The summed E-state index contributed by atoms with van der Waals surface area (Å²) in [6, 6.07) is 0. The number of hydrogen-bond donors (Lipinski definition) is 0. The Morgan fingerprint density at radius 2 is 1.56 bits per heavy atom. The van der Waals surface area contributed by atoms with Crippen molar-refractivity contribution in [2.45, 2.75) is 53.9 Å². The Balaban J connectivity index is 5.04. The maximum atomic E-state index is 4.67. The summed E-state index contributed by atoms with van der Waals surface area (Å²) in [5, 5.41) is 0. The lowest BCUT2D eigenvalue weighted by Crippen LogP contribution is -1.96. The predicted octanol–water partition coefficient (Wildman–Crippen LogP) is 5.06. The van der Waals surface area contributed by atoms with Crippen molar-refractivity contribution in [3.05, 3.63) is 35.6 Å².